The van der Waals surface area contributed by atoms with Crippen LogP contribution in [0, 0.1) is 0 Å². The molecule has 0 heterocycles. The minimum atomic E-state index is -1.89. The highest BCUT2D eigenvalue weighted by atomic mass is 16.4. The lowest BCUT2D eigenvalue weighted by atomic mass is 9.88. The van der Waals surface area contributed by atoms with Gasteiger partial charge in [0.15, 0.2) is 11.9 Å². The van der Waals surface area contributed by atoms with Crippen LogP contribution in [0.3, 0.4) is 0 Å². The van der Waals surface area contributed by atoms with Crippen molar-refractivity contribution in [3.05, 3.63) is 34.9 Å². The van der Waals surface area contributed by atoms with E-state index in [9.17, 15) is 19.8 Å². The Morgan fingerprint density at radius 2 is 1.94 bits per heavy atom. The second-order valence-electron chi connectivity index (χ2n) is 4.42. The van der Waals surface area contributed by atoms with Gasteiger partial charge >= 0.3 is 5.97 Å². The number of carboxylic acids is 1. The first kappa shape index (κ1) is 12.7. The normalized spacial score (nSPS) is 18.0. The van der Waals surface area contributed by atoms with Gasteiger partial charge in [-0.05, 0) is 30.0 Å². The van der Waals surface area contributed by atoms with Crippen LogP contribution in [0.25, 0.3) is 0 Å². The molecule has 1 aliphatic rings. The Morgan fingerprint density at radius 1 is 1.22 bits per heavy atom. The first-order chi connectivity index (χ1) is 8.50. The van der Waals surface area contributed by atoms with Crippen molar-refractivity contribution in [1.82, 2.24) is 0 Å². The van der Waals surface area contributed by atoms with Crippen LogP contribution in [-0.4, -0.2) is 33.2 Å². The molecular formula is C13H14O5. The van der Waals surface area contributed by atoms with Crippen molar-refractivity contribution in [2.75, 3.05) is 0 Å². The summed E-state index contributed by atoms with van der Waals surface area (Å²) in [7, 11) is 0. The lowest BCUT2D eigenvalue weighted by Crippen LogP contribution is -2.27. The second kappa shape index (κ2) is 4.88. The minimum absolute atomic E-state index is 0.00452. The molecule has 96 valence electrons. The molecule has 0 aliphatic heterocycles. The van der Waals surface area contributed by atoms with Crippen LogP contribution in [-0.2, 0) is 11.2 Å². The molecule has 0 saturated heterocycles. The number of hydrogen-bond acceptors (Lipinski definition) is 4. The number of fused-ring (bicyclic) bond motifs is 1. The Bertz CT molecular complexity index is 494. The second-order valence-corrected chi connectivity index (χ2v) is 4.42. The Kier molecular flexibility index (Phi) is 3.45. The lowest BCUT2D eigenvalue weighted by Gasteiger charge is -2.19. The summed E-state index contributed by atoms with van der Waals surface area (Å²) in [5.41, 5.74) is 1.68. The van der Waals surface area contributed by atoms with Gasteiger partial charge in [-0.1, -0.05) is 12.1 Å². The standard InChI is InChI=1S/C13H14O5/c14-10-3-1-2-7-4-5-8(6-9(7)10)11(15)12(16)13(17)18/h4-6,11-12,15-16H,1-3H2,(H,17,18). The predicted octanol–water partition coefficient (Wildman–Crippen LogP) is 0.684. The summed E-state index contributed by atoms with van der Waals surface area (Å²) >= 11 is 0. The molecule has 18 heavy (non-hydrogen) atoms. The fourth-order valence-corrected chi connectivity index (χ4v) is 2.15. The molecule has 2 rings (SSSR count). The Morgan fingerprint density at radius 3 is 2.61 bits per heavy atom. The summed E-state index contributed by atoms with van der Waals surface area (Å²) in [4.78, 5) is 22.3. The zero-order valence-electron chi connectivity index (χ0n) is 9.67. The van der Waals surface area contributed by atoms with E-state index in [0.29, 0.717) is 12.0 Å². The van der Waals surface area contributed by atoms with E-state index in [1.165, 1.54) is 6.07 Å². The molecule has 5 heteroatoms. The van der Waals surface area contributed by atoms with Crippen LogP contribution in [0.15, 0.2) is 18.2 Å². The molecule has 1 aliphatic carbocycles. The highest BCUT2D eigenvalue weighted by Crippen LogP contribution is 2.26. The molecule has 5 nitrogen and oxygen atoms in total. The van der Waals surface area contributed by atoms with Gasteiger partial charge in [0.2, 0.25) is 0 Å². The van der Waals surface area contributed by atoms with Crippen molar-refractivity contribution in [1.29, 1.82) is 0 Å². The number of carbonyl (C=O) groups is 2. The fraction of sp³-hybridized carbons (Fsp3) is 0.385. The van der Waals surface area contributed by atoms with Gasteiger partial charge in [-0.15, -0.1) is 0 Å². The van der Waals surface area contributed by atoms with Gasteiger partial charge < -0.3 is 15.3 Å². The van der Waals surface area contributed by atoms with Crippen molar-refractivity contribution >= 4 is 11.8 Å². The van der Waals surface area contributed by atoms with Crippen LogP contribution < -0.4 is 0 Å². The molecule has 1 aromatic carbocycles. The summed E-state index contributed by atoms with van der Waals surface area (Å²) in [6, 6.07) is 4.74. The van der Waals surface area contributed by atoms with Crippen molar-refractivity contribution in [2.45, 2.75) is 31.5 Å². The fourth-order valence-electron chi connectivity index (χ4n) is 2.15. The number of aryl methyl sites for hydroxylation is 1. The van der Waals surface area contributed by atoms with Gasteiger partial charge in [0.25, 0.3) is 0 Å². The van der Waals surface area contributed by atoms with Crippen molar-refractivity contribution in [2.24, 2.45) is 0 Å². The van der Waals surface area contributed by atoms with Crippen molar-refractivity contribution in [3.63, 3.8) is 0 Å². The number of Topliss-reactive ketones (excluding diaryl/α,β-unsaturated/α-hetero) is 1. The molecule has 0 aromatic heterocycles. The molecule has 0 amide bonds. The molecule has 2 unspecified atom stereocenters. The number of aliphatic hydroxyl groups is 2. The van der Waals surface area contributed by atoms with Crippen LogP contribution in [0.1, 0.15) is 40.4 Å². The van der Waals surface area contributed by atoms with E-state index in [1.807, 2.05) is 0 Å². The van der Waals surface area contributed by atoms with Gasteiger partial charge in [0.05, 0.1) is 0 Å². The number of rotatable bonds is 3. The van der Waals surface area contributed by atoms with E-state index in [4.69, 9.17) is 5.11 Å². The smallest absolute Gasteiger partial charge is 0.335 e. The summed E-state index contributed by atoms with van der Waals surface area (Å²) < 4.78 is 0. The first-order valence-electron chi connectivity index (χ1n) is 5.75. The molecule has 1 aromatic rings. The van der Waals surface area contributed by atoms with Crippen LogP contribution >= 0.6 is 0 Å². The third kappa shape index (κ3) is 2.27. The van der Waals surface area contributed by atoms with Crippen LogP contribution in [0.5, 0.6) is 0 Å². The van der Waals surface area contributed by atoms with Gasteiger partial charge in [-0.3, -0.25) is 4.79 Å². The van der Waals surface area contributed by atoms with E-state index >= 15 is 0 Å². The average molecular weight is 250 g/mol. The first-order valence-corrected chi connectivity index (χ1v) is 5.75. The number of aliphatic hydroxyl groups excluding tert-OH is 2. The highest BCUT2D eigenvalue weighted by Gasteiger charge is 2.27. The van der Waals surface area contributed by atoms with Gasteiger partial charge in [-0.2, -0.15) is 0 Å². The molecule has 0 bridgehead atoms. The molecule has 0 spiro atoms. The largest absolute Gasteiger partial charge is 0.479 e. The maximum atomic E-state index is 11.7. The van der Waals surface area contributed by atoms with E-state index in [1.54, 1.807) is 12.1 Å². The van der Waals surface area contributed by atoms with Crippen LogP contribution in [0.2, 0.25) is 0 Å². The van der Waals surface area contributed by atoms with Crippen molar-refractivity contribution < 1.29 is 24.9 Å². The minimum Gasteiger partial charge on any atom is -0.479 e. The number of hydrogen-bond donors (Lipinski definition) is 3. The maximum absolute atomic E-state index is 11.7. The molecule has 0 saturated carbocycles. The molecule has 0 radical (unpaired) electrons. The Hall–Kier alpha value is -1.72. The average Bonchev–Trinajstić information content (AvgIpc) is 2.37. The third-order valence-corrected chi connectivity index (χ3v) is 3.18. The summed E-state index contributed by atoms with van der Waals surface area (Å²) in [5, 5.41) is 27.6. The molecular weight excluding hydrogens is 236 g/mol. The van der Waals surface area contributed by atoms with E-state index in [-0.39, 0.29) is 11.3 Å². The van der Waals surface area contributed by atoms with E-state index < -0.39 is 18.2 Å². The SMILES string of the molecule is O=C1CCCc2ccc(C(O)C(O)C(=O)O)cc21. The predicted molar refractivity (Wildman–Crippen MR) is 62.3 cm³/mol. The molecule has 2 atom stereocenters. The van der Waals surface area contributed by atoms with Gasteiger partial charge in [0, 0.05) is 12.0 Å². The molecule has 0 fully saturated rings. The summed E-state index contributed by atoms with van der Waals surface area (Å²) in [6.45, 7) is 0. The molecule has 3 N–H and O–H groups in total. The van der Waals surface area contributed by atoms with E-state index in [0.717, 1.165) is 18.4 Å². The number of ketones is 1. The number of carboxylic acid groups (broad SMARTS) is 1. The van der Waals surface area contributed by atoms with Gasteiger partial charge in [0.1, 0.15) is 6.10 Å². The summed E-state index contributed by atoms with van der Waals surface area (Å²) in [5.74, 6) is -1.50. The van der Waals surface area contributed by atoms with E-state index in [2.05, 4.69) is 0 Å². The zero-order valence-corrected chi connectivity index (χ0v) is 9.67. The maximum Gasteiger partial charge on any atom is 0.335 e. The zero-order chi connectivity index (χ0) is 13.3. The monoisotopic (exact) mass is 250 g/mol. The number of carbonyl (C=O) groups excluding carboxylic acids is 1. The van der Waals surface area contributed by atoms with Gasteiger partial charge in [-0.25, -0.2) is 4.79 Å². The summed E-state index contributed by atoms with van der Waals surface area (Å²) in [6.07, 6.45) is -1.33. The third-order valence-electron chi connectivity index (χ3n) is 3.18. The quantitative estimate of drug-likeness (QED) is 0.733. The van der Waals surface area contributed by atoms with Crippen molar-refractivity contribution in [3.8, 4) is 0 Å². The topological polar surface area (TPSA) is 94.8 Å². The lowest BCUT2D eigenvalue weighted by molar-refractivity contribution is -0.153. The van der Waals surface area contributed by atoms with Crippen LogP contribution in [0.4, 0.5) is 0 Å². The highest BCUT2D eigenvalue weighted by molar-refractivity contribution is 5.98. The Labute approximate surface area is 104 Å². The number of aliphatic carboxylic acids is 1. The Balaban J connectivity index is 2.33. The number of benzene rings is 1.